The molecule has 1 aliphatic rings. The summed E-state index contributed by atoms with van der Waals surface area (Å²) in [5.74, 6) is 1.02. The smallest absolute Gasteiger partial charge is 0.176 e. The summed E-state index contributed by atoms with van der Waals surface area (Å²) in [6, 6.07) is 7.88. The molecule has 7 heteroatoms. The van der Waals surface area contributed by atoms with Gasteiger partial charge in [0.2, 0.25) is 0 Å². The molecule has 2 aromatic heterocycles. The third-order valence-corrected chi connectivity index (χ3v) is 5.78. The molecule has 0 spiro atoms. The number of fused-ring (bicyclic) bond motifs is 1. The average molecular weight is 387 g/mol. The lowest BCUT2D eigenvalue weighted by molar-refractivity contribution is 0.131. The number of imidazole rings is 1. The highest BCUT2D eigenvalue weighted by Crippen LogP contribution is 2.26. The second-order valence-electron chi connectivity index (χ2n) is 8.18. The largest absolute Gasteiger partial charge is 0.339 e. The number of nitrogens with zero attached hydrogens (tertiary/aromatic N) is 5. The lowest BCUT2D eigenvalue weighted by atomic mass is 9.91. The van der Waals surface area contributed by atoms with Crippen molar-refractivity contribution < 1.29 is 0 Å². The van der Waals surface area contributed by atoms with E-state index in [4.69, 9.17) is 16.6 Å². The van der Waals surface area contributed by atoms with Gasteiger partial charge in [-0.05, 0) is 18.7 Å². The number of piperazine rings is 1. The Kier molecular flexibility index (Phi) is 4.97. The number of rotatable bonds is 5. The molecule has 1 aliphatic heterocycles. The quantitative estimate of drug-likeness (QED) is 0.732. The van der Waals surface area contributed by atoms with Gasteiger partial charge in [0, 0.05) is 43.2 Å². The molecule has 0 bridgehead atoms. The van der Waals surface area contributed by atoms with Crippen molar-refractivity contribution in [3.63, 3.8) is 0 Å². The van der Waals surface area contributed by atoms with Gasteiger partial charge < -0.3 is 9.88 Å². The molecule has 4 rings (SSSR count). The molecular formula is C20H27ClN6. The van der Waals surface area contributed by atoms with Crippen molar-refractivity contribution in [1.29, 1.82) is 0 Å². The van der Waals surface area contributed by atoms with Crippen molar-refractivity contribution >= 4 is 22.8 Å². The Labute approximate surface area is 165 Å². The maximum Gasteiger partial charge on any atom is 0.176 e. The first-order chi connectivity index (χ1) is 12.9. The summed E-state index contributed by atoms with van der Waals surface area (Å²) in [4.78, 5) is 13.3. The lowest BCUT2D eigenvalue weighted by Crippen LogP contribution is -2.48. The second-order valence-corrected chi connectivity index (χ2v) is 8.59. The van der Waals surface area contributed by atoms with Gasteiger partial charge in [0.25, 0.3) is 0 Å². The zero-order valence-electron chi connectivity index (χ0n) is 16.2. The van der Waals surface area contributed by atoms with Crippen LogP contribution in [0.2, 0.25) is 5.02 Å². The molecule has 0 aliphatic carbocycles. The van der Waals surface area contributed by atoms with E-state index in [0.717, 1.165) is 60.3 Å². The van der Waals surface area contributed by atoms with Crippen molar-refractivity contribution in [1.82, 2.24) is 29.5 Å². The fraction of sp³-hybridized carbons (Fsp3) is 0.500. The summed E-state index contributed by atoms with van der Waals surface area (Å²) in [7, 11) is 2.19. The van der Waals surface area contributed by atoms with Gasteiger partial charge in [0.05, 0.1) is 12.7 Å². The highest BCUT2D eigenvalue weighted by atomic mass is 35.5. The van der Waals surface area contributed by atoms with Crippen LogP contribution in [0.25, 0.3) is 11.2 Å². The zero-order valence-corrected chi connectivity index (χ0v) is 17.0. The van der Waals surface area contributed by atoms with E-state index < -0.39 is 0 Å². The third-order valence-electron chi connectivity index (χ3n) is 5.42. The van der Waals surface area contributed by atoms with Crippen molar-refractivity contribution in [3.05, 3.63) is 46.9 Å². The van der Waals surface area contributed by atoms with Crippen LogP contribution in [0.15, 0.2) is 30.5 Å². The van der Waals surface area contributed by atoms with Crippen molar-refractivity contribution in [2.24, 2.45) is 0 Å². The number of halogens is 1. The van der Waals surface area contributed by atoms with E-state index in [2.05, 4.69) is 40.8 Å². The Balaban J connectivity index is 1.55. The second kappa shape index (κ2) is 7.26. The summed E-state index contributed by atoms with van der Waals surface area (Å²) in [6.45, 7) is 10.6. The van der Waals surface area contributed by atoms with Gasteiger partial charge in [-0.25, -0.2) is 9.67 Å². The summed E-state index contributed by atoms with van der Waals surface area (Å²) < 4.78 is 1.92. The number of hydrogen-bond acceptors (Lipinski definition) is 4. The lowest BCUT2D eigenvalue weighted by Gasteiger charge is -2.36. The Morgan fingerprint density at radius 1 is 1.15 bits per heavy atom. The fourth-order valence-electron chi connectivity index (χ4n) is 3.71. The van der Waals surface area contributed by atoms with Crippen LogP contribution in [-0.4, -0.2) is 69.3 Å². The minimum Gasteiger partial charge on any atom is -0.339 e. The molecule has 3 heterocycles. The Morgan fingerprint density at radius 3 is 2.63 bits per heavy atom. The van der Waals surface area contributed by atoms with Crippen LogP contribution in [-0.2, 0) is 12.0 Å². The van der Waals surface area contributed by atoms with E-state index in [1.165, 1.54) is 0 Å². The van der Waals surface area contributed by atoms with Gasteiger partial charge in [-0.15, -0.1) is 0 Å². The first-order valence-electron chi connectivity index (χ1n) is 9.49. The molecule has 144 valence electrons. The van der Waals surface area contributed by atoms with Crippen LogP contribution in [0, 0.1) is 0 Å². The Bertz CT molecular complexity index is 920. The molecule has 0 unspecified atom stereocenters. The average Bonchev–Trinajstić information content (AvgIpc) is 3.21. The molecule has 0 amide bonds. The van der Waals surface area contributed by atoms with Crippen LogP contribution in [0.5, 0.6) is 0 Å². The van der Waals surface area contributed by atoms with Crippen molar-refractivity contribution in [3.8, 4) is 0 Å². The van der Waals surface area contributed by atoms with E-state index in [9.17, 15) is 0 Å². The summed E-state index contributed by atoms with van der Waals surface area (Å²) >= 11 is 6.31. The molecule has 1 saturated heterocycles. The normalized spacial score (nSPS) is 17.0. The van der Waals surface area contributed by atoms with E-state index >= 15 is 0 Å². The maximum atomic E-state index is 6.31. The van der Waals surface area contributed by atoms with E-state index in [1.54, 1.807) is 0 Å². The number of hydrogen-bond donors (Lipinski definition) is 1. The Hall–Kier alpha value is -1.89. The molecule has 0 radical (unpaired) electrons. The minimum absolute atomic E-state index is 0.0514. The van der Waals surface area contributed by atoms with Gasteiger partial charge >= 0.3 is 0 Å². The summed E-state index contributed by atoms with van der Waals surface area (Å²) in [5, 5.41) is 5.24. The van der Waals surface area contributed by atoms with Gasteiger partial charge in [0.15, 0.2) is 5.65 Å². The SMILES string of the molecule is CN1CCN(CC(C)(C)c2nc3c(cnn3Cc3ccccc3Cl)[nH]2)CC1. The highest BCUT2D eigenvalue weighted by Gasteiger charge is 2.29. The van der Waals surface area contributed by atoms with Gasteiger partial charge in [-0.2, -0.15) is 5.10 Å². The number of aromatic nitrogens is 4. The molecule has 0 saturated carbocycles. The number of H-pyrrole nitrogens is 1. The predicted molar refractivity (Wildman–Crippen MR) is 109 cm³/mol. The summed E-state index contributed by atoms with van der Waals surface area (Å²) in [6.07, 6.45) is 1.86. The molecule has 1 N–H and O–H groups in total. The maximum absolute atomic E-state index is 6.31. The number of nitrogens with one attached hydrogen (secondary N) is 1. The van der Waals surface area contributed by atoms with Gasteiger partial charge in [0.1, 0.15) is 11.3 Å². The monoisotopic (exact) mass is 386 g/mol. The highest BCUT2D eigenvalue weighted by molar-refractivity contribution is 6.31. The van der Waals surface area contributed by atoms with Gasteiger partial charge in [-0.1, -0.05) is 43.6 Å². The molecule has 1 fully saturated rings. The Morgan fingerprint density at radius 2 is 1.89 bits per heavy atom. The van der Waals surface area contributed by atoms with E-state index in [0.29, 0.717) is 6.54 Å². The van der Waals surface area contributed by atoms with Crippen LogP contribution in [0.4, 0.5) is 0 Å². The van der Waals surface area contributed by atoms with Crippen molar-refractivity contribution in [2.45, 2.75) is 25.8 Å². The first kappa shape index (κ1) is 18.5. The molecule has 6 nitrogen and oxygen atoms in total. The number of likely N-dealkylation sites (N-methyl/N-ethyl adjacent to an activating group) is 1. The molecular weight excluding hydrogens is 360 g/mol. The number of benzene rings is 1. The molecule has 1 aromatic carbocycles. The third kappa shape index (κ3) is 3.88. The topological polar surface area (TPSA) is 53.0 Å². The van der Waals surface area contributed by atoms with E-state index in [1.807, 2.05) is 35.1 Å². The van der Waals surface area contributed by atoms with Gasteiger partial charge in [-0.3, -0.25) is 4.90 Å². The minimum atomic E-state index is -0.0514. The predicted octanol–water partition coefficient (Wildman–Crippen LogP) is 2.99. The summed E-state index contributed by atoms with van der Waals surface area (Å²) in [5.41, 5.74) is 2.86. The number of aromatic amines is 1. The fourth-order valence-corrected chi connectivity index (χ4v) is 3.91. The van der Waals surface area contributed by atoms with Crippen LogP contribution >= 0.6 is 11.6 Å². The molecule has 0 atom stereocenters. The standard InChI is InChI=1S/C20H27ClN6/c1-20(2,14-26-10-8-25(3)9-11-26)19-23-17-12-22-27(18(17)24-19)13-15-6-4-5-7-16(15)21/h4-7,12H,8-11,13-14H2,1-3H3,(H,23,24). The van der Waals surface area contributed by atoms with Crippen LogP contribution in [0.1, 0.15) is 25.2 Å². The zero-order chi connectivity index (χ0) is 19.0. The van der Waals surface area contributed by atoms with Crippen molar-refractivity contribution in [2.75, 3.05) is 39.8 Å². The molecule has 27 heavy (non-hydrogen) atoms. The van der Waals surface area contributed by atoms with E-state index in [-0.39, 0.29) is 5.41 Å². The van der Waals surface area contributed by atoms with Crippen LogP contribution in [0.3, 0.4) is 0 Å². The molecule has 3 aromatic rings. The van der Waals surface area contributed by atoms with Crippen LogP contribution < -0.4 is 0 Å². The first-order valence-corrected chi connectivity index (χ1v) is 9.86.